The molecule has 1 amide bonds. The van der Waals surface area contributed by atoms with Gasteiger partial charge in [0.1, 0.15) is 6.10 Å². The highest BCUT2D eigenvalue weighted by molar-refractivity contribution is 5.80. The van der Waals surface area contributed by atoms with Crippen LogP contribution in [0.3, 0.4) is 0 Å². The van der Waals surface area contributed by atoms with E-state index in [9.17, 15) is 20.1 Å². The predicted molar refractivity (Wildman–Crippen MR) is 48.3 cm³/mol. The lowest BCUT2D eigenvalue weighted by Crippen LogP contribution is -2.48. The summed E-state index contributed by atoms with van der Waals surface area (Å²) < 4.78 is 0. The zero-order valence-corrected chi connectivity index (χ0v) is 8.21. The Balaban J connectivity index is 4.30. The average molecular weight is 207 g/mol. The van der Waals surface area contributed by atoms with Crippen molar-refractivity contribution in [3.05, 3.63) is 0 Å². The summed E-state index contributed by atoms with van der Waals surface area (Å²) in [4.78, 5) is 10.9. The first kappa shape index (κ1) is 13.3. The van der Waals surface area contributed by atoms with Gasteiger partial charge in [-0.25, -0.2) is 0 Å². The van der Waals surface area contributed by atoms with Crippen molar-refractivity contribution in [3.63, 3.8) is 0 Å². The van der Waals surface area contributed by atoms with Crippen molar-refractivity contribution in [1.29, 1.82) is 0 Å². The normalized spacial score (nSPS) is 19.6. The molecule has 0 aliphatic rings. The van der Waals surface area contributed by atoms with Crippen LogP contribution in [-0.2, 0) is 4.79 Å². The van der Waals surface area contributed by atoms with Crippen molar-refractivity contribution in [1.82, 2.24) is 5.32 Å². The van der Waals surface area contributed by atoms with Crippen LogP contribution in [0.1, 0.15) is 6.92 Å². The van der Waals surface area contributed by atoms with Crippen LogP contribution in [0.15, 0.2) is 0 Å². The van der Waals surface area contributed by atoms with Gasteiger partial charge in [-0.1, -0.05) is 6.92 Å². The van der Waals surface area contributed by atoms with E-state index in [-0.39, 0.29) is 6.61 Å². The Hall–Kier alpha value is -0.690. The fourth-order valence-electron chi connectivity index (χ4n) is 0.934. The van der Waals surface area contributed by atoms with Crippen molar-refractivity contribution in [2.45, 2.75) is 25.2 Å². The SMILES string of the molecule is CNC(=O)C(O)C(O)C(O)C(C)CO. The number of nitrogens with one attached hydrogen (secondary N) is 1. The maximum Gasteiger partial charge on any atom is 0.251 e. The minimum absolute atomic E-state index is 0.335. The monoisotopic (exact) mass is 207 g/mol. The Kier molecular flexibility index (Phi) is 5.63. The van der Waals surface area contributed by atoms with Crippen molar-refractivity contribution in [2.75, 3.05) is 13.7 Å². The molecule has 0 spiro atoms. The Morgan fingerprint density at radius 3 is 2.14 bits per heavy atom. The molecule has 4 unspecified atom stereocenters. The van der Waals surface area contributed by atoms with E-state index < -0.39 is 30.1 Å². The summed E-state index contributed by atoms with van der Waals surface area (Å²) in [6.07, 6.45) is -4.63. The number of rotatable bonds is 5. The molecule has 0 aromatic heterocycles. The summed E-state index contributed by atoms with van der Waals surface area (Å²) in [5, 5.41) is 38.7. The van der Waals surface area contributed by atoms with E-state index in [1.807, 2.05) is 0 Å². The van der Waals surface area contributed by atoms with Crippen molar-refractivity contribution in [2.24, 2.45) is 5.92 Å². The van der Waals surface area contributed by atoms with Crippen molar-refractivity contribution >= 4 is 5.91 Å². The summed E-state index contributed by atoms with van der Waals surface area (Å²) in [5.74, 6) is -1.38. The smallest absolute Gasteiger partial charge is 0.251 e. The summed E-state index contributed by atoms with van der Waals surface area (Å²) in [6.45, 7) is 1.16. The van der Waals surface area contributed by atoms with Crippen LogP contribution in [0.4, 0.5) is 0 Å². The molecule has 84 valence electrons. The second kappa shape index (κ2) is 5.92. The van der Waals surface area contributed by atoms with Gasteiger partial charge in [0, 0.05) is 19.6 Å². The number of amides is 1. The minimum atomic E-state index is -1.69. The molecule has 0 aromatic carbocycles. The Labute approximate surface area is 82.2 Å². The van der Waals surface area contributed by atoms with Crippen molar-refractivity contribution in [3.8, 4) is 0 Å². The molecule has 6 nitrogen and oxygen atoms in total. The molecule has 0 aliphatic carbocycles. The van der Waals surface area contributed by atoms with Gasteiger partial charge in [-0.15, -0.1) is 0 Å². The van der Waals surface area contributed by atoms with Crippen LogP contribution in [0.5, 0.6) is 0 Å². The number of aliphatic hydroxyl groups excluding tert-OH is 4. The molecule has 0 bridgehead atoms. The van der Waals surface area contributed by atoms with Crippen LogP contribution in [0.25, 0.3) is 0 Å². The fraction of sp³-hybridized carbons (Fsp3) is 0.875. The molecular formula is C8H17NO5. The van der Waals surface area contributed by atoms with Gasteiger partial charge >= 0.3 is 0 Å². The Morgan fingerprint density at radius 1 is 1.29 bits per heavy atom. The highest BCUT2D eigenvalue weighted by atomic mass is 16.4. The van der Waals surface area contributed by atoms with Crippen LogP contribution in [0, 0.1) is 5.92 Å². The molecule has 4 atom stereocenters. The number of likely N-dealkylation sites (N-methyl/N-ethyl adjacent to an activating group) is 1. The molecule has 0 rings (SSSR count). The highest BCUT2D eigenvalue weighted by Gasteiger charge is 2.32. The maximum absolute atomic E-state index is 10.9. The molecule has 0 saturated heterocycles. The van der Waals surface area contributed by atoms with Gasteiger partial charge in [0.15, 0.2) is 6.10 Å². The quantitative estimate of drug-likeness (QED) is 0.341. The molecule has 0 heterocycles. The molecule has 5 N–H and O–H groups in total. The lowest BCUT2D eigenvalue weighted by molar-refractivity contribution is -0.143. The maximum atomic E-state index is 10.9. The zero-order valence-electron chi connectivity index (χ0n) is 8.21. The number of carbonyl (C=O) groups excluding carboxylic acids is 1. The average Bonchev–Trinajstić information content (AvgIpc) is 2.23. The third-order valence-electron chi connectivity index (χ3n) is 2.06. The third-order valence-corrected chi connectivity index (χ3v) is 2.06. The predicted octanol–water partition coefficient (Wildman–Crippen LogP) is -2.56. The Morgan fingerprint density at radius 2 is 1.79 bits per heavy atom. The second-order valence-corrected chi connectivity index (χ2v) is 3.20. The van der Waals surface area contributed by atoms with Crippen LogP contribution in [0.2, 0.25) is 0 Å². The number of hydrogen-bond donors (Lipinski definition) is 5. The topological polar surface area (TPSA) is 110 Å². The van der Waals surface area contributed by atoms with E-state index in [2.05, 4.69) is 5.32 Å². The highest BCUT2D eigenvalue weighted by Crippen LogP contribution is 2.10. The fourth-order valence-corrected chi connectivity index (χ4v) is 0.934. The van der Waals surface area contributed by atoms with Gasteiger partial charge in [0.05, 0.1) is 6.10 Å². The molecule has 0 aliphatic heterocycles. The van der Waals surface area contributed by atoms with Crippen LogP contribution in [-0.4, -0.2) is 58.3 Å². The second-order valence-electron chi connectivity index (χ2n) is 3.20. The summed E-state index contributed by atoms with van der Waals surface area (Å²) in [7, 11) is 1.31. The van der Waals surface area contributed by atoms with Gasteiger partial charge < -0.3 is 25.7 Å². The lowest BCUT2D eigenvalue weighted by Gasteiger charge is -2.25. The first-order valence-corrected chi connectivity index (χ1v) is 4.32. The van der Waals surface area contributed by atoms with E-state index in [0.29, 0.717) is 0 Å². The molecule has 0 fully saturated rings. The Bertz CT molecular complexity index is 187. The summed E-state index contributed by atoms with van der Waals surface area (Å²) >= 11 is 0. The standard InChI is InChI=1S/C8H17NO5/c1-4(3-10)5(11)6(12)7(13)8(14)9-2/h4-7,10-13H,3H2,1-2H3,(H,9,14). The van der Waals surface area contributed by atoms with Crippen LogP contribution < -0.4 is 5.32 Å². The molecule has 0 radical (unpaired) electrons. The van der Waals surface area contributed by atoms with Gasteiger partial charge in [-0.05, 0) is 0 Å². The zero-order chi connectivity index (χ0) is 11.3. The minimum Gasteiger partial charge on any atom is -0.396 e. The number of hydrogen-bond acceptors (Lipinski definition) is 5. The number of aliphatic hydroxyl groups is 4. The number of carbonyl (C=O) groups is 1. The molecular weight excluding hydrogens is 190 g/mol. The molecule has 6 heteroatoms. The van der Waals surface area contributed by atoms with E-state index in [1.54, 1.807) is 0 Å². The van der Waals surface area contributed by atoms with Gasteiger partial charge in [0.2, 0.25) is 0 Å². The van der Waals surface area contributed by atoms with E-state index in [0.717, 1.165) is 0 Å². The summed E-state index contributed by atoms with van der Waals surface area (Å²) in [6, 6.07) is 0. The largest absolute Gasteiger partial charge is 0.396 e. The molecule has 14 heavy (non-hydrogen) atoms. The first-order chi connectivity index (χ1) is 6.45. The third kappa shape index (κ3) is 3.22. The van der Waals surface area contributed by atoms with Gasteiger partial charge in [0.25, 0.3) is 5.91 Å². The van der Waals surface area contributed by atoms with Crippen LogP contribution >= 0.6 is 0 Å². The first-order valence-electron chi connectivity index (χ1n) is 4.32. The van der Waals surface area contributed by atoms with E-state index in [4.69, 9.17) is 5.11 Å². The lowest BCUT2D eigenvalue weighted by atomic mass is 9.97. The molecule has 0 aromatic rings. The van der Waals surface area contributed by atoms with Gasteiger partial charge in [-0.2, -0.15) is 0 Å². The van der Waals surface area contributed by atoms with Crippen molar-refractivity contribution < 1.29 is 25.2 Å². The van der Waals surface area contributed by atoms with E-state index >= 15 is 0 Å². The molecule has 0 saturated carbocycles. The van der Waals surface area contributed by atoms with Gasteiger partial charge in [-0.3, -0.25) is 4.79 Å². The van der Waals surface area contributed by atoms with E-state index in [1.165, 1.54) is 14.0 Å². The summed E-state index contributed by atoms with van der Waals surface area (Å²) in [5.41, 5.74) is 0.